The van der Waals surface area contributed by atoms with E-state index in [1.165, 1.54) is 11.1 Å². The number of anilines is 2. The molecule has 2 heterocycles. The molecular weight excluding hydrogens is 248 g/mol. The van der Waals surface area contributed by atoms with Crippen molar-refractivity contribution in [1.29, 1.82) is 5.26 Å². The molecule has 0 bridgehead atoms. The van der Waals surface area contributed by atoms with Crippen LogP contribution in [0.1, 0.15) is 23.1 Å². The van der Waals surface area contributed by atoms with Crippen molar-refractivity contribution in [3.8, 4) is 6.07 Å². The number of nitrogen functional groups attached to an aromatic ring is 1. The minimum atomic E-state index is 0.481. The first-order valence-electron chi connectivity index (χ1n) is 6.76. The van der Waals surface area contributed by atoms with E-state index in [1.54, 1.807) is 12.3 Å². The molecule has 2 N–H and O–H groups in total. The number of pyridine rings is 1. The fourth-order valence-corrected chi connectivity index (χ4v) is 2.69. The number of nitrogens with zero attached hydrogens (tertiary/aromatic N) is 3. The van der Waals surface area contributed by atoms with E-state index in [2.05, 4.69) is 40.2 Å². The largest absolute Gasteiger partial charge is 0.395 e. The van der Waals surface area contributed by atoms with Crippen LogP contribution in [0.4, 0.5) is 11.5 Å². The molecule has 0 atom stereocenters. The van der Waals surface area contributed by atoms with Crippen LogP contribution in [0, 0.1) is 11.3 Å². The van der Waals surface area contributed by atoms with Crippen LogP contribution < -0.4 is 10.6 Å². The molecule has 0 unspecified atom stereocenters. The molecule has 4 heteroatoms. The highest BCUT2D eigenvalue weighted by molar-refractivity contribution is 5.70. The predicted octanol–water partition coefficient (Wildman–Crippen LogP) is 2.49. The van der Waals surface area contributed by atoms with Gasteiger partial charge in [-0.1, -0.05) is 24.3 Å². The van der Waals surface area contributed by atoms with Gasteiger partial charge in [0.2, 0.25) is 0 Å². The molecule has 1 aliphatic rings. The van der Waals surface area contributed by atoms with Gasteiger partial charge in [-0.25, -0.2) is 4.98 Å². The number of fused-ring (bicyclic) bond motifs is 1. The molecule has 0 radical (unpaired) electrons. The summed E-state index contributed by atoms with van der Waals surface area (Å²) in [7, 11) is 0. The van der Waals surface area contributed by atoms with Gasteiger partial charge >= 0.3 is 0 Å². The zero-order valence-corrected chi connectivity index (χ0v) is 11.2. The summed E-state index contributed by atoms with van der Waals surface area (Å²) in [6.45, 7) is 1.70. The maximum atomic E-state index is 9.08. The van der Waals surface area contributed by atoms with Crippen LogP contribution in [0.15, 0.2) is 36.5 Å². The van der Waals surface area contributed by atoms with Crippen LogP contribution in [-0.2, 0) is 13.0 Å². The molecule has 20 heavy (non-hydrogen) atoms. The molecule has 1 aromatic heterocycles. The van der Waals surface area contributed by atoms with Crippen LogP contribution in [0.2, 0.25) is 0 Å². The minimum Gasteiger partial charge on any atom is -0.395 e. The standard InChI is InChI=1S/C16H16N4/c17-10-13-7-8-19-16(15(13)18)20-9-3-6-12-4-1-2-5-14(12)11-20/h1-2,4-5,7-8H,3,6,9,11,18H2. The molecule has 0 aliphatic carbocycles. The third-order valence-electron chi connectivity index (χ3n) is 3.74. The van der Waals surface area contributed by atoms with Gasteiger partial charge in [-0.05, 0) is 30.0 Å². The number of aryl methyl sites for hydroxylation is 1. The van der Waals surface area contributed by atoms with Gasteiger partial charge in [0.1, 0.15) is 6.07 Å². The SMILES string of the molecule is N#Cc1ccnc(N2CCCc3ccccc3C2)c1N. The highest BCUT2D eigenvalue weighted by Gasteiger charge is 2.18. The van der Waals surface area contributed by atoms with E-state index < -0.39 is 0 Å². The van der Waals surface area contributed by atoms with E-state index in [9.17, 15) is 0 Å². The number of benzene rings is 1. The highest BCUT2D eigenvalue weighted by Crippen LogP contribution is 2.28. The van der Waals surface area contributed by atoms with Crippen LogP contribution in [0.5, 0.6) is 0 Å². The molecule has 0 spiro atoms. The van der Waals surface area contributed by atoms with E-state index in [1.807, 2.05) is 0 Å². The Bertz CT molecular complexity index is 672. The second-order valence-electron chi connectivity index (χ2n) is 5.00. The molecule has 3 rings (SSSR count). The molecule has 0 saturated carbocycles. The monoisotopic (exact) mass is 264 g/mol. The summed E-state index contributed by atoms with van der Waals surface area (Å²) in [6.07, 6.45) is 3.79. The lowest BCUT2D eigenvalue weighted by Crippen LogP contribution is -2.25. The first-order valence-corrected chi connectivity index (χ1v) is 6.76. The van der Waals surface area contributed by atoms with Crippen molar-refractivity contribution in [3.63, 3.8) is 0 Å². The van der Waals surface area contributed by atoms with Crippen molar-refractivity contribution in [2.45, 2.75) is 19.4 Å². The Hall–Kier alpha value is -2.54. The van der Waals surface area contributed by atoms with Gasteiger partial charge in [0, 0.05) is 19.3 Å². The molecule has 1 aliphatic heterocycles. The van der Waals surface area contributed by atoms with Crippen molar-refractivity contribution in [3.05, 3.63) is 53.2 Å². The average molecular weight is 264 g/mol. The Morgan fingerprint density at radius 3 is 2.80 bits per heavy atom. The number of nitrogens with two attached hydrogens (primary N) is 1. The number of nitriles is 1. The summed E-state index contributed by atoms with van der Waals surface area (Å²) in [4.78, 5) is 6.54. The molecule has 100 valence electrons. The fourth-order valence-electron chi connectivity index (χ4n) is 2.69. The highest BCUT2D eigenvalue weighted by atomic mass is 15.2. The zero-order chi connectivity index (χ0) is 13.9. The maximum Gasteiger partial charge on any atom is 0.153 e. The molecule has 0 saturated heterocycles. The molecule has 0 fully saturated rings. The van der Waals surface area contributed by atoms with E-state index in [0.29, 0.717) is 11.3 Å². The summed E-state index contributed by atoms with van der Waals surface area (Å²) < 4.78 is 0. The van der Waals surface area contributed by atoms with Crippen molar-refractivity contribution < 1.29 is 0 Å². The first-order chi connectivity index (χ1) is 9.79. The third kappa shape index (κ3) is 2.19. The molecular formula is C16H16N4. The van der Waals surface area contributed by atoms with Crippen molar-refractivity contribution in [2.24, 2.45) is 0 Å². The lowest BCUT2D eigenvalue weighted by Gasteiger charge is -2.23. The lowest BCUT2D eigenvalue weighted by molar-refractivity contribution is 0.756. The summed E-state index contributed by atoms with van der Waals surface area (Å²) in [5.74, 6) is 0.723. The second kappa shape index (κ2) is 5.22. The Balaban J connectivity index is 1.98. The maximum absolute atomic E-state index is 9.08. The normalized spacial score (nSPS) is 14.2. The van der Waals surface area contributed by atoms with E-state index in [0.717, 1.165) is 31.7 Å². The molecule has 4 nitrogen and oxygen atoms in total. The summed E-state index contributed by atoms with van der Waals surface area (Å²) in [5, 5.41) is 9.08. The van der Waals surface area contributed by atoms with Crippen molar-refractivity contribution >= 4 is 11.5 Å². The number of hydrogen-bond acceptors (Lipinski definition) is 4. The first kappa shape index (κ1) is 12.5. The third-order valence-corrected chi connectivity index (χ3v) is 3.74. The Kier molecular flexibility index (Phi) is 3.26. The van der Waals surface area contributed by atoms with Gasteiger partial charge in [0.25, 0.3) is 0 Å². The lowest BCUT2D eigenvalue weighted by atomic mass is 10.0. The van der Waals surface area contributed by atoms with Crippen LogP contribution in [0.25, 0.3) is 0 Å². The van der Waals surface area contributed by atoms with Crippen molar-refractivity contribution in [2.75, 3.05) is 17.2 Å². The average Bonchev–Trinajstić information content (AvgIpc) is 2.69. The molecule has 0 amide bonds. The van der Waals surface area contributed by atoms with Gasteiger partial charge in [0.15, 0.2) is 5.82 Å². The smallest absolute Gasteiger partial charge is 0.153 e. The fraction of sp³-hybridized carbons (Fsp3) is 0.250. The van der Waals surface area contributed by atoms with E-state index in [4.69, 9.17) is 11.0 Å². The Labute approximate surface area is 118 Å². The van der Waals surface area contributed by atoms with Gasteiger partial charge in [-0.3, -0.25) is 0 Å². The zero-order valence-electron chi connectivity index (χ0n) is 11.2. The minimum absolute atomic E-state index is 0.481. The molecule has 2 aromatic rings. The van der Waals surface area contributed by atoms with E-state index >= 15 is 0 Å². The van der Waals surface area contributed by atoms with Crippen LogP contribution >= 0.6 is 0 Å². The number of rotatable bonds is 1. The van der Waals surface area contributed by atoms with Gasteiger partial charge in [0.05, 0.1) is 11.3 Å². The van der Waals surface area contributed by atoms with Crippen LogP contribution in [0.3, 0.4) is 0 Å². The molecule has 1 aromatic carbocycles. The van der Waals surface area contributed by atoms with Crippen LogP contribution in [-0.4, -0.2) is 11.5 Å². The summed E-state index contributed by atoms with van der Waals surface area (Å²) in [6, 6.07) is 12.2. The predicted molar refractivity (Wildman–Crippen MR) is 79.2 cm³/mol. The van der Waals surface area contributed by atoms with Gasteiger partial charge in [-0.2, -0.15) is 5.26 Å². The Morgan fingerprint density at radius 2 is 2.00 bits per heavy atom. The van der Waals surface area contributed by atoms with E-state index in [-0.39, 0.29) is 0 Å². The van der Waals surface area contributed by atoms with Gasteiger partial charge < -0.3 is 10.6 Å². The quantitative estimate of drug-likeness (QED) is 0.859. The number of aromatic nitrogens is 1. The van der Waals surface area contributed by atoms with Gasteiger partial charge in [-0.15, -0.1) is 0 Å². The second-order valence-corrected chi connectivity index (χ2v) is 5.00. The summed E-state index contributed by atoms with van der Waals surface area (Å²) >= 11 is 0. The number of hydrogen-bond donors (Lipinski definition) is 1. The van der Waals surface area contributed by atoms with Crippen molar-refractivity contribution in [1.82, 2.24) is 4.98 Å². The Morgan fingerprint density at radius 1 is 1.20 bits per heavy atom. The topological polar surface area (TPSA) is 65.9 Å². The summed E-state index contributed by atoms with van der Waals surface area (Å²) in [5.41, 5.74) is 9.75.